The van der Waals surface area contributed by atoms with Crippen LogP contribution in [-0.4, -0.2) is 15.9 Å². The first-order valence-corrected chi connectivity index (χ1v) is 5.48. The highest BCUT2D eigenvalue weighted by Gasteiger charge is 2.05. The van der Waals surface area contributed by atoms with Gasteiger partial charge in [-0.25, -0.2) is 0 Å². The highest BCUT2D eigenvalue weighted by Crippen LogP contribution is 2.04. The number of hydrogen-bond acceptors (Lipinski definition) is 4. The number of thiazole rings is 1. The largest absolute Gasteiger partial charge is 0.347 e. The molecule has 0 unspecified atom stereocenters. The van der Waals surface area contributed by atoms with Crippen molar-refractivity contribution in [3.8, 4) is 0 Å². The number of hydrogen-bond donors (Lipinski definition) is 2. The summed E-state index contributed by atoms with van der Waals surface area (Å²) in [6.45, 7) is 0.447. The maximum atomic E-state index is 11.6. The van der Waals surface area contributed by atoms with E-state index in [1.54, 1.807) is 11.7 Å². The van der Waals surface area contributed by atoms with Gasteiger partial charge in [-0.2, -0.15) is 0 Å². The molecule has 0 fully saturated rings. The first kappa shape index (κ1) is 10.6. The fourth-order valence-electron chi connectivity index (χ4n) is 1.15. The Balaban J connectivity index is 1.98. The van der Waals surface area contributed by atoms with Crippen LogP contribution in [-0.2, 0) is 6.54 Å². The summed E-state index contributed by atoms with van der Waals surface area (Å²) in [7, 11) is 0. The summed E-state index contributed by atoms with van der Waals surface area (Å²) in [5.74, 6) is -0.218. The topological polar surface area (TPSA) is 74.8 Å². The van der Waals surface area contributed by atoms with Gasteiger partial charge in [-0.1, -0.05) is 0 Å². The second-order valence-electron chi connectivity index (χ2n) is 3.09. The molecule has 6 heteroatoms. The summed E-state index contributed by atoms with van der Waals surface area (Å²) >= 11 is 1.48. The molecular weight excluding hydrogens is 226 g/mol. The van der Waals surface area contributed by atoms with Crippen LogP contribution in [0.15, 0.2) is 34.8 Å². The van der Waals surface area contributed by atoms with Crippen LogP contribution in [0.5, 0.6) is 0 Å². The Kier molecular flexibility index (Phi) is 3.11. The van der Waals surface area contributed by atoms with Crippen LogP contribution in [0.3, 0.4) is 0 Å². The molecule has 0 spiro atoms. The molecule has 0 aromatic carbocycles. The van der Waals surface area contributed by atoms with Crippen molar-refractivity contribution in [3.05, 3.63) is 50.8 Å². The van der Waals surface area contributed by atoms with Gasteiger partial charge in [0.1, 0.15) is 0 Å². The number of aromatic nitrogens is 2. The van der Waals surface area contributed by atoms with Gasteiger partial charge in [-0.3, -0.25) is 14.6 Å². The fraction of sp³-hybridized carbons (Fsp3) is 0.100. The van der Waals surface area contributed by atoms with Crippen molar-refractivity contribution in [1.29, 1.82) is 0 Å². The molecule has 16 heavy (non-hydrogen) atoms. The predicted molar refractivity (Wildman–Crippen MR) is 60.3 cm³/mol. The van der Waals surface area contributed by atoms with Gasteiger partial charge in [-0.15, -0.1) is 11.3 Å². The molecule has 2 rings (SSSR count). The number of amides is 1. The van der Waals surface area contributed by atoms with Crippen molar-refractivity contribution < 1.29 is 4.79 Å². The van der Waals surface area contributed by atoms with E-state index in [-0.39, 0.29) is 11.5 Å². The van der Waals surface area contributed by atoms with Gasteiger partial charge in [0.25, 0.3) is 5.91 Å². The molecule has 2 aromatic heterocycles. The number of H-pyrrole nitrogens is 1. The van der Waals surface area contributed by atoms with E-state index in [2.05, 4.69) is 15.3 Å². The quantitative estimate of drug-likeness (QED) is 0.824. The molecule has 0 aliphatic carbocycles. The van der Waals surface area contributed by atoms with Crippen LogP contribution in [0.4, 0.5) is 0 Å². The van der Waals surface area contributed by atoms with Gasteiger partial charge in [0, 0.05) is 23.3 Å². The molecule has 2 aromatic rings. The van der Waals surface area contributed by atoms with Gasteiger partial charge in [-0.05, 0) is 6.07 Å². The second kappa shape index (κ2) is 4.71. The molecule has 0 atom stereocenters. The summed E-state index contributed by atoms with van der Waals surface area (Å²) in [5.41, 5.74) is 1.92. The Morgan fingerprint density at radius 1 is 1.50 bits per heavy atom. The van der Waals surface area contributed by atoms with Gasteiger partial charge >= 0.3 is 0 Å². The van der Waals surface area contributed by atoms with E-state index in [0.717, 1.165) is 4.88 Å². The molecule has 5 nitrogen and oxygen atoms in total. The minimum atomic E-state index is -0.223. The molecule has 0 aliphatic rings. The number of carbonyl (C=O) groups is 1. The highest BCUT2D eigenvalue weighted by molar-refractivity contribution is 7.09. The Morgan fingerprint density at radius 3 is 3.00 bits per heavy atom. The number of aromatic amines is 1. The van der Waals surface area contributed by atoms with Gasteiger partial charge in [0.2, 0.25) is 5.56 Å². The van der Waals surface area contributed by atoms with Crippen molar-refractivity contribution in [3.63, 3.8) is 0 Å². The van der Waals surface area contributed by atoms with Crippen molar-refractivity contribution in [2.75, 3.05) is 0 Å². The minimum absolute atomic E-state index is 0.218. The van der Waals surface area contributed by atoms with Crippen LogP contribution in [0.25, 0.3) is 0 Å². The summed E-state index contributed by atoms with van der Waals surface area (Å²) in [6.07, 6.45) is 3.10. The minimum Gasteiger partial charge on any atom is -0.347 e. The van der Waals surface area contributed by atoms with Gasteiger partial charge in [0.05, 0.1) is 17.6 Å². The van der Waals surface area contributed by atoms with Crippen LogP contribution in [0, 0.1) is 0 Å². The average molecular weight is 235 g/mol. The maximum absolute atomic E-state index is 11.6. The normalized spacial score (nSPS) is 10.0. The standard InChI is InChI=1S/C10H9N3O2S/c14-9-2-1-7(3-12-9)10(15)13-5-8-4-11-6-16-8/h1-4,6H,5H2,(H,12,14)(H,13,15). The zero-order valence-electron chi connectivity index (χ0n) is 8.27. The summed E-state index contributed by atoms with van der Waals surface area (Å²) in [5, 5.41) is 2.73. The number of nitrogens with zero attached hydrogens (tertiary/aromatic N) is 1. The zero-order chi connectivity index (χ0) is 11.4. The van der Waals surface area contributed by atoms with Gasteiger partial charge < -0.3 is 10.3 Å². The Hall–Kier alpha value is -1.95. The zero-order valence-corrected chi connectivity index (χ0v) is 9.08. The van der Waals surface area contributed by atoms with E-state index in [4.69, 9.17) is 0 Å². The molecule has 0 saturated carbocycles. The Labute approximate surface area is 95.2 Å². The molecule has 82 valence electrons. The number of rotatable bonds is 3. The molecule has 0 radical (unpaired) electrons. The highest BCUT2D eigenvalue weighted by atomic mass is 32.1. The first-order chi connectivity index (χ1) is 7.75. The number of nitrogens with one attached hydrogen (secondary N) is 2. The molecular formula is C10H9N3O2S. The summed E-state index contributed by atoms with van der Waals surface area (Å²) < 4.78 is 0. The molecule has 2 N–H and O–H groups in total. The Morgan fingerprint density at radius 2 is 2.38 bits per heavy atom. The van der Waals surface area contributed by atoms with Crippen LogP contribution < -0.4 is 10.9 Å². The van der Waals surface area contributed by atoms with Crippen LogP contribution in [0.2, 0.25) is 0 Å². The predicted octanol–water partition coefficient (Wildman–Crippen LogP) is 0.761. The number of carbonyl (C=O) groups excluding carboxylic acids is 1. The third-order valence-corrected chi connectivity index (χ3v) is 2.73. The van der Waals surface area contributed by atoms with Gasteiger partial charge in [0.15, 0.2) is 0 Å². The lowest BCUT2D eigenvalue weighted by Crippen LogP contribution is -2.23. The Bertz CT molecular complexity index is 513. The maximum Gasteiger partial charge on any atom is 0.253 e. The lowest BCUT2D eigenvalue weighted by atomic mass is 10.2. The third-order valence-electron chi connectivity index (χ3n) is 1.95. The van der Waals surface area contributed by atoms with Crippen molar-refractivity contribution in [2.24, 2.45) is 0 Å². The fourth-order valence-corrected chi connectivity index (χ4v) is 1.69. The monoisotopic (exact) mass is 235 g/mol. The van der Waals surface area contributed by atoms with E-state index in [1.807, 2.05) is 0 Å². The lowest BCUT2D eigenvalue weighted by Gasteiger charge is -2.02. The summed E-state index contributed by atoms with van der Waals surface area (Å²) in [6, 6.07) is 2.81. The van der Waals surface area contributed by atoms with Crippen molar-refractivity contribution in [2.45, 2.75) is 6.54 Å². The molecule has 0 aliphatic heterocycles. The number of pyridine rings is 1. The summed E-state index contributed by atoms with van der Waals surface area (Å²) in [4.78, 5) is 29.7. The van der Waals surface area contributed by atoms with Crippen molar-refractivity contribution in [1.82, 2.24) is 15.3 Å². The second-order valence-corrected chi connectivity index (χ2v) is 4.06. The molecule has 0 saturated heterocycles. The van der Waals surface area contributed by atoms with E-state index in [1.165, 1.54) is 29.7 Å². The first-order valence-electron chi connectivity index (χ1n) is 4.60. The molecule has 1 amide bonds. The molecule has 2 heterocycles. The van der Waals surface area contributed by atoms with E-state index in [9.17, 15) is 9.59 Å². The van der Waals surface area contributed by atoms with E-state index < -0.39 is 0 Å². The van der Waals surface area contributed by atoms with Crippen LogP contribution in [0.1, 0.15) is 15.2 Å². The SMILES string of the molecule is O=C(NCc1cncs1)c1ccc(=O)[nH]c1. The van der Waals surface area contributed by atoms with Crippen molar-refractivity contribution >= 4 is 17.2 Å². The third kappa shape index (κ3) is 2.54. The van der Waals surface area contributed by atoms with Crippen LogP contribution >= 0.6 is 11.3 Å². The lowest BCUT2D eigenvalue weighted by molar-refractivity contribution is 0.0951. The van der Waals surface area contributed by atoms with E-state index in [0.29, 0.717) is 12.1 Å². The average Bonchev–Trinajstić information content (AvgIpc) is 2.80. The molecule has 0 bridgehead atoms. The smallest absolute Gasteiger partial charge is 0.253 e. The van der Waals surface area contributed by atoms with E-state index >= 15 is 0 Å².